The van der Waals surface area contributed by atoms with Crippen LogP contribution in [0.15, 0.2) is 36.4 Å². The molecule has 0 bridgehead atoms. The second-order valence-electron chi connectivity index (χ2n) is 5.33. The smallest absolute Gasteiger partial charge is 0.164 e. The highest BCUT2D eigenvalue weighted by Gasteiger charge is 2.34. The molecule has 2 aromatic carbocycles. The van der Waals surface area contributed by atoms with Gasteiger partial charge < -0.3 is 9.47 Å². The Kier molecular flexibility index (Phi) is 3.42. The molecule has 1 aliphatic carbocycles. The number of aryl methyl sites for hydroxylation is 1. The third-order valence-electron chi connectivity index (χ3n) is 4.17. The summed E-state index contributed by atoms with van der Waals surface area (Å²) in [6.45, 7) is 2.08. The van der Waals surface area contributed by atoms with E-state index in [9.17, 15) is 4.79 Å². The number of methoxy groups -OCH3 is 2. The Morgan fingerprint density at radius 2 is 1.86 bits per heavy atom. The summed E-state index contributed by atoms with van der Waals surface area (Å²) in [5, 5.41) is 0. The fourth-order valence-corrected chi connectivity index (χ4v) is 3.12. The number of ether oxygens (including phenoxy) is 2. The van der Waals surface area contributed by atoms with Crippen molar-refractivity contribution in [2.24, 2.45) is 0 Å². The number of carbonyl (C=O) groups is 1. The fourth-order valence-electron chi connectivity index (χ4n) is 3.12. The largest absolute Gasteiger partial charge is 0.497 e. The van der Waals surface area contributed by atoms with Crippen molar-refractivity contribution in [1.29, 1.82) is 0 Å². The Morgan fingerprint density at radius 1 is 1.10 bits per heavy atom. The third kappa shape index (κ3) is 2.19. The molecule has 3 rings (SSSR count). The van der Waals surface area contributed by atoms with Crippen molar-refractivity contribution in [2.45, 2.75) is 19.3 Å². The molecule has 0 fully saturated rings. The van der Waals surface area contributed by atoms with E-state index in [0.717, 1.165) is 16.9 Å². The van der Waals surface area contributed by atoms with Crippen molar-refractivity contribution in [3.63, 3.8) is 0 Å². The van der Waals surface area contributed by atoms with Gasteiger partial charge in [0.2, 0.25) is 0 Å². The Morgan fingerprint density at radius 3 is 2.52 bits per heavy atom. The second-order valence-corrected chi connectivity index (χ2v) is 5.33. The average Bonchev–Trinajstić information content (AvgIpc) is 2.84. The number of rotatable bonds is 3. The van der Waals surface area contributed by atoms with Crippen molar-refractivity contribution in [3.8, 4) is 11.5 Å². The molecule has 0 radical (unpaired) electrons. The van der Waals surface area contributed by atoms with Crippen LogP contribution < -0.4 is 9.47 Å². The summed E-state index contributed by atoms with van der Waals surface area (Å²) in [5.74, 6) is 1.60. The SMILES string of the molecule is COc1cc(OC)c2c(c1)C(=O)CC2c1ccccc1C. The lowest BCUT2D eigenvalue weighted by atomic mass is 9.89. The van der Waals surface area contributed by atoms with Crippen LogP contribution in [-0.2, 0) is 0 Å². The van der Waals surface area contributed by atoms with Gasteiger partial charge in [-0.15, -0.1) is 0 Å². The van der Waals surface area contributed by atoms with Crippen molar-refractivity contribution >= 4 is 5.78 Å². The average molecular weight is 282 g/mol. The molecule has 0 spiro atoms. The van der Waals surface area contributed by atoms with E-state index in [-0.39, 0.29) is 11.7 Å². The minimum Gasteiger partial charge on any atom is -0.497 e. The summed E-state index contributed by atoms with van der Waals surface area (Å²) in [6.07, 6.45) is 0.490. The maximum Gasteiger partial charge on any atom is 0.164 e. The quantitative estimate of drug-likeness (QED) is 0.860. The summed E-state index contributed by atoms with van der Waals surface area (Å²) in [7, 11) is 3.23. The molecule has 21 heavy (non-hydrogen) atoms. The summed E-state index contributed by atoms with van der Waals surface area (Å²) in [4.78, 5) is 12.4. The zero-order valence-electron chi connectivity index (χ0n) is 12.5. The highest BCUT2D eigenvalue weighted by Crippen LogP contribution is 2.45. The van der Waals surface area contributed by atoms with Crippen molar-refractivity contribution in [3.05, 3.63) is 58.7 Å². The zero-order valence-corrected chi connectivity index (χ0v) is 12.5. The number of Topliss-reactive ketones (excluding diaryl/α,β-unsaturated/α-hetero) is 1. The van der Waals surface area contributed by atoms with Gasteiger partial charge in [-0.2, -0.15) is 0 Å². The van der Waals surface area contributed by atoms with Crippen LogP contribution in [0.3, 0.4) is 0 Å². The number of hydrogen-bond acceptors (Lipinski definition) is 3. The van der Waals surface area contributed by atoms with E-state index in [4.69, 9.17) is 9.47 Å². The standard InChI is InChI=1S/C18H18O3/c1-11-6-4-5-7-13(11)14-10-16(19)15-8-12(20-2)9-17(21-3)18(14)15/h4-9,14H,10H2,1-3H3. The Labute approximate surface area is 124 Å². The Hall–Kier alpha value is -2.29. The number of carbonyl (C=O) groups excluding carboxylic acids is 1. The van der Waals surface area contributed by atoms with Crippen LogP contribution in [-0.4, -0.2) is 20.0 Å². The van der Waals surface area contributed by atoms with Crippen LogP contribution in [0.2, 0.25) is 0 Å². The molecule has 0 saturated heterocycles. The molecule has 3 heteroatoms. The molecule has 0 amide bonds. The predicted molar refractivity (Wildman–Crippen MR) is 81.5 cm³/mol. The molecule has 1 atom stereocenters. The number of ketones is 1. The van der Waals surface area contributed by atoms with Crippen LogP contribution in [0.5, 0.6) is 11.5 Å². The molecule has 0 N–H and O–H groups in total. The van der Waals surface area contributed by atoms with Crippen LogP contribution >= 0.6 is 0 Å². The Bertz CT molecular complexity index is 704. The van der Waals surface area contributed by atoms with E-state index in [1.807, 2.05) is 24.3 Å². The van der Waals surface area contributed by atoms with Gasteiger partial charge in [0.15, 0.2) is 5.78 Å². The molecular formula is C18H18O3. The molecule has 3 nitrogen and oxygen atoms in total. The first kappa shape index (κ1) is 13.7. The van der Waals surface area contributed by atoms with Gasteiger partial charge >= 0.3 is 0 Å². The van der Waals surface area contributed by atoms with Gasteiger partial charge in [0.1, 0.15) is 11.5 Å². The van der Waals surface area contributed by atoms with Crippen LogP contribution in [0.1, 0.15) is 39.4 Å². The lowest BCUT2D eigenvalue weighted by Crippen LogP contribution is -2.02. The highest BCUT2D eigenvalue weighted by atomic mass is 16.5. The molecule has 108 valence electrons. The second kappa shape index (κ2) is 5.24. The van der Waals surface area contributed by atoms with Crippen molar-refractivity contribution in [1.82, 2.24) is 0 Å². The van der Waals surface area contributed by atoms with Crippen LogP contribution in [0.4, 0.5) is 0 Å². The minimum absolute atomic E-state index is 0.0644. The summed E-state index contributed by atoms with van der Waals surface area (Å²) >= 11 is 0. The van der Waals surface area contributed by atoms with Crippen molar-refractivity contribution in [2.75, 3.05) is 14.2 Å². The highest BCUT2D eigenvalue weighted by molar-refractivity contribution is 6.03. The zero-order chi connectivity index (χ0) is 15.0. The number of benzene rings is 2. The fraction of sp³-hybridized carbons (Fsp3) is 0.278. The topological polar surface area (TPSA) is 35.5 Å². The first-order valence-corrected chi connectivity index (χ1v) is 7.00. The Balaban J connectivity index is 2.19. The van der Waals surface area contributed by atoms with Gasteiger partial charge in [-0.3, -0.25) is 4.79 Å². The van der Waals surface area contributed by atoms with Crippen molar-refractivity contribution < 1.29 is 14.3 Å². The molecule has 0 aliphatic heterocycles. The molecule has 0 heterocycles. The van der Waals surface area contributed by atoms with E-state index >= 15 is 0 Å². The molecule has 1 unspecified atom stereocenters. The summed E-state index contributed by atoms with van der Waals surface area (Å²) < 4.78 is 10.8. The third-order valence-corrected chi connectivity index (χ3v) is 4.17. The minimum atomic E-state index is 0.0644. The lowest BCUT2D eigenvalue weighted by Gasteiger charge is -2.17. The van der Waals surface area contributed by atoms with Gasteiger partial charge in [0, 0.05) is 29.5 Å². The van der Waals surface area contributed by atoms with Crippen LogP contribution in [0, 0.1) is 6.92 Å². The van der Waals surface area contributed by atoms with E-state index in [0.29, 0.717) is 12.2 Å². The molecule has 0 aromatic heterocycles. The van der Waals surface area contributed by atoms with E-state index < -0.39 is 0 Å². The van der Waals surface area contributed by atoms with Crippen LogP contribution in [0.25, 0.3) is 0 Å². The maximum absolute atomic E-state index is 12.4. The normalized spacial score (nSPS) is 16.7. The molecule has 2 aromatic rings. The number of hydrogen-bond donors (Lipinski definition) is 0. The molecule has 1 aliphatic rings. The van der Waals surface area contributed by atoms with Gasteiger partial charge in [0.25, 0.3) is 0 Å². The lowest BCUT2D eigenvalue weighted by molar-refractivity contribution is 0.0991. The number of fused-ring (bicyclic) bond motifs is 1. The first-order chi connectivity index (χ1) is 10.2. The van der Waals surface area contributed by atoms with E-state index in [1.165, 1.54) is 11.1 Å². The van der Waals surface area contributed by atoms with Gasteiger partial charge in [-0.1, -0.05) is 24.3 Å². The van der Waals surface area contributed by atoms with Gasteiger partial charge in [-0.05, 0) is 24.1 Å². The van der Waals surface area contributed by atoms with E-state index in [1.54, 1.807) is 14.2 Å². The summed E-state index contributed by atoms with van der Waals surface area (Å²) in [5.41, 5.74) is 4.09. The van der Waals surface area contributed by atoms with Gasteiger partial charge in [0.05, 0.1) is 14.2 Å². The van der Waals surface area contributed by atoms with E-state index in [2.05, 4.69) is 19.1 Å². The monoisotopic (exact) mass is 282 g/mol. The molecule has 0 saturated carbocycles. The first-order valence-electron chi connectivity index (χ1n) is 7.00. The molecular weight excluding hydrogens is 264 g/mol. The summed E-state index contributed by atoms with van der Waals surface area (Å²) in [6, 6.07) is 11.9. The predicted octanol–water partition coefficient (Wildman–Crippen LogP) is 3.73. The maximum atomic E-state index is 12.4. The van der Waals surface area contributed by atoms with Gasteiger partial charge in [-0.25, -0.2) is 0 Å².